The van der Waals surface area contributed by atoms with Crippen LogP contribution >= 0.6 is 0 Å². The Balaban J connectivity index is 2.58. The Bertz CT molecular complexity index is 508. The molecule has 0 saturated heterocycles. The maximum absolute atomic E-state index is 11.8. The topological polar surface area (TPSA) is 100.0 Å². The highest BCUT2D eigenvalue weighted by molar-refractivity contribution is 7.89. The lowest BCUT2D eigenvalue weighted by atomic mass is 10.3. The quantitative estimate of drug-likeness (QED) is 0.727. The molecule has 1 aliphatic heterocycles. The van der Waals surface area contributed by atoms with Crippen LogP contribution in [0.25, 0.3) is 0 Å². The summed E-state index contributed by atoms with van der Waals surface area (Å²) in [6, 6.07) is -0.861. The molecule has 2 N–H and O–H groups in total. The molecule has 0 spiro atoms. The van der Waals surface area contributed by atoms with Crippen molar-refractivity contribution in [2.24, 2.45) is 9.98 Å². The van der Waals surface area contributed by atoms with Gasteiger partial charge in [0.25, 0.3) is 0 Å². The molecule has 0 radical (unpaired) electrons. The van der Waals surface area contributed by atoms with Gasteiger partial charge in [-0.2, -0.15) is 0 Å². The third-order valence-corrected chi connectivity index (χ3v) is 3.88. The van der Waals surface area contributed by atoms with Crippen molar-refractivity contribution in [2.75, 3.05) is 5.75 Å². The highest BCUT2D eigenvalue weighted by Gasteiger charge is 2.20. The second-order valence-corrected chi connectivity index (χ2v) is 5.91. The van der Waals surface area contributed by atoms with E-state index in [1.54, 1.807) is 19.4 Å². The number of hydrogen-bond donors (Lipinski definition) is 2. The first kappa shape index (κ1) is 15.5. The second kappa shape index (κ2) is 7.15. The van der Waals surface area contributed by atoms with E-state index in [-0.39, 0.29) is 5.75 Å². The molecule has 0 aromatic carbocycles. The van der Waals surface area contributed by atoms with E-state index in [9.17, 15) is 13.2 Å². The van der Waals surface area contributed by atoms with E-state index in [0.29, 0.717) is 18.7 Å². The zero-order valence-corrected chi connectivity index (χ0v) is 11.8. The minimum atomic E-state index is -3.42. The van der Waals surface area contributed by atoms with Gasteiger partial charge in [-0.3, -0.25) is 9.79 Å². The molecule has 1 rings (SSSR count). The van der Waals surface area contributed by atoms with Crippen LogP contribution in [0.2, 0.25) is 0 Å². The number of amides is 1. The molecular weight excluding hydrogens is 268 g/mol. The Morgan fingerprint density at radius 1 is 1.47 bits per heavy atom. The molecule has 1 atom stereocenters. The number of carbonyl (C=O) groups excluding carboxylic acids is 1. The van der Waals surface area contributed by atoms with Gasteiger partial charge >= 0.3 is 0 Å². The summed E-state index contributed by atoms with van der Waals surface area (Å²) in [6.45, 7) is 3.24. The van der Waals surface area contributed by atoms with Crippen LogP contribution in [0.4, 0.5) is 0 Å². The normalized spacial score (nSPS) is 16.6. The van der Waals surface area contributed by atoms with Crippen LogP contribution in [-0.2, 0) is 14.8 Å². The van der Waals surface area contributed by atoms with E-state index in [4.69, 9.17) is 0 Å². The fraction of sp³-hybridized carbons (Fsp3) is 0.545. The van der Waals surface area contributed by atoms with Crippen LogP contribution in [0.1, 0.15) is 26.7 Å². The van der Waals surface area contributed by atoms with Gasteiger partial charge in [-0.25, -0.2) is 18.1 Å². The predicted molar refractivity (Wildman–Crippen MR) is 74.5 cm³/mol. The van der Waals surface area contributed by atoms with Crippen molar-refractivity contribution in [3.05, 3.63) is 12.0 Å². The largest absolute Gasteiger partial charge is 0.308 e. The summed E-state index contributed by atoms with van der Waals surface area (Å²) in [4.78, 5) is 19.7. The maximum Gasteiger partial charge on any atom is 0.243 e. The Labute approximate surface area is 113 Å². The second-order valence-electron chi connectivity index (χ2n) is 4.04. The smallest absolute Gasteiger partial charge is 0.243 e. The van der Waals surface area contributed by atoms with Gasteiger partial charge in [-0.15, -0.1) is 0 Å². The molecule has 1 aliphatic rings. The zero-order valence-electron chi connectivity index (χ0n) is 11.0. The van der Waals surface area contributed by atoms with Crippen LogP contribution in [0.15, 0.2) is 22.0 Å². The van der Waals surface area contributed by atoms with Crippen LogP contribution in [0, 0.1) is 0 Å². The van der Waals surface area contributed by atoms with Crippen molar-refractivity contribution in [1.29, 1.82) is 0 Å². The Morgan fingerprint density at radius 2 is 2.21 bits per heavy atom. The number of nitrogens with zero attached hydrogens (tertiary/aromatic N) is 2. The lowest BCUT2D eigenvalue weighted by Crippen LogP contribution is -2.45. The van der Waals surface area contributed by atoms with Crippen LogP contribution < -0.4 is 10.0 Å². The SMILES string of the molecule is CCCS(=O)(=O)NC(C)C(=O)NC1=CN=CCC=N1. The fourth-order valence-corrected chi connectivity index (χ4v) is 2.67. The van der Waals surface area contributed by atoms with Gasteiger partial charge in [-0.1, -0.05) is 6.92 Å². The molecule has 7 nitrogen and oxygen atoms in total. The number of nitrogens with one attached hydrogen (secondary N) is 2. The maximum atomic E-state index is 11.8. The lowest BCUT2D eigenvalue weighted by molar-refractivity contribution is -0.121. The van der Waals surface area contributed by atoms with Crippen molar-refractivity contribution in [1.82, 2.24) is 10.0 Å². The standard InChI is InChI=1S/C11H18N4O3S/c1-3-7-19(17,18)15-9(2)11(16)14-10-8-12-5-4-6-13-10/h5-6,8-9,15H,3-4,7H2,1-2H3,(H,14,16). The van der Waals surface area contributed by atoms with Crippen LogP contribution in [0.3, 0.4) is 0 Å². The number of aliphatic imine (C=N–C) groups is 2. The highest BCUT2D eigenvalue weighted by atomic mass is 32.2. The molecule has 1 amide bonds. The van der Waals surface area contributed by atoms with Gasteiger partial charge < -0.3 is 5.32 Å². The summed E-state index contributed by atoms with van der Waals surface area (Å²) in [5.41, 5.74) is 0. The van der Waals surface area contributed by atoms with Crippen molar-refractivity contribution < 1.29 is 13.2 Å². The van der Waals surface area contributed by atoms with Crippen molar-refractivity contribution in [2.45, 2.75) is 32.7 Å². The van der Waals surface area contributed by atoms with E-state index in [0.717, 1.165) is 0 Å². The molecule has 0 aromatic heterocycles. The van der Waals surface area contributed by atoms with E-state index in [1.165, 1.54) is 13.1 Å². The molecular formula is C11H18N4O3S. The summed E-state index contributed by atoms with van der Waals surface area (Å²) in [7, 11) is -3.42. The zero-order chi connectivity index (χ0) is 14.3. The fourth-order valence-electron chi connectivity index (χ4n) is 1.37. The van der Waals surface area contributed by atoms with Gasteiger partial charge in [-0.05, 0) is 13.3 Å². The molecule has 0 aromatic rings. The first-order valence-corrected chi connectivity index (χ1v) is 7.65. The highest BCUT2D eigenvalue weighted by Crippen LogP contribution is 1.98. The average Bonchev–Trinajstić information content (AvgIpc) is 2.56. The van der Waals surface area contributed by atoms with Gasteiger partial charge in [0.2, 0.25) is 15.9 Å². The number of sulfonamides is 1. The molecule has 0 bridgehead atoms. The third-order valence-electron chi connectivity index (χ3n) is 2.22. The van der Waals surface area contributed by atoms with Crippen LogP contribution in [-0.4, -0.2) is 38.5 Å². The van der Waals surface area contributed by atoms with Gasteiger partial charge in [0.05, 0.1) is 18.0 Å². The Morgan fingerprint density at radius 3 is 2.89 bits per heavy atom. The first-order chi connectivity index (χ1) is 8.94. The summed E-state index contributed by atoms with van der Waals surface area (Å²) >= 11 is 0. The van der Waals surface area contributed by atoms with Crippen molar-refractivity contribution >= 4 is 28.4 Å². The van der Waals surface area contributed by atoms with Crippen molar-refractivity contribution in [3.63, 3.8) is 0 Å². The Kier molecular flexibility index (Phi) is 5.84. The summed E-state index contributed by atoms with van der Waals surface area (Å²) in [6.07, 6.45) is 5.75. The van der Waals surface area contributed by atoms with Gasteiger partial charge in [0, 0.05) is 18.9 Å². The van der Waals surface area contributed by atoms with E-state index in [1.807, 2.05) is 0 Å². The summed E-state index contributed by atoms with van der Waals surface area (Å²) in [5, 5.41) is 2.51. The average molecular weight is 286 g/mol. The third kappa shape index (κ3) is 5.75. The molecule has 0 saturated carbocycles. The Hall–Kier alpha value is -1.54. The number of carbonyl (C=O) groups is 1. The first-order valence-electron chi connectivity index (χ1n) is 6.00. The minimum Gasteiger partial charge on any atom is -0.308 e. The lowest BCUT2D eigenvalue weighted by Gasteiger charge is -2.13. The van der Waals surface area contributed by atoms with E-state index < -0.39 is 22.0 Å². The summed E-state index contributed by atoms with van der Waals surface area (Å²) in [5.74, 6) is -0.184. The van der Waals surface area contributed by atoms with Gasteiger partial charge in [0.1, 0.15) is 0 Å². The molecule has 19 heavy (non-hydrogen) atoms. The molecule has 1 unspecified atom stereocenters. The molecule has 106 valence electrons. The molecule has 1 heterocycles. The van der Waals surface area contributed by atoms with Crippen LogP contribution in [0.5, 0.6) is 0 Å². The number of hydrogen-bond acceptors (Lipinski definition) is 5. The summed E-state index contributed by atoms with van der Waals surface area (Å²) < 4.78 is 25.4. The molecule has 0 aliphatic carbocycles. The molecule has 8 heteroatoms. The predicted octanol–water partition coefficient (Wildman–Crippen LogP) is 0.165. The van der Waals surface area contributed by atoms with E-state index >= 15 is 0 Å². The number of rotatable bonds is 6. The minimum absolute atomic E-state index is 0.00420. The molecule has 0 fully saturated rings. The van der Waals surface area contributed by atoms with Crippen molar-refractivity contribution in [3.8, 4) is 0 Å². The monoisotopic (exact) mass is 286 g/mol. The van der Waals surface area contributed by atoms with E-state index in [2.05, 4.69) is 20.0 Å². The van der Waals surface area contributed by atoms with Gasteiger partial charge in [0.15, 0.2) is 5.82 Å².